The summed E-state index contributed by atoms with van der Waals surface area (Å²) < 4.78 is 10.6. The molecule has 5 heteroatoms. The number of ether oxygens (including phenoxy) is 2. The van der Waals surface area contributed by atoms with Crippen LogP contribution in [0.1, 0.15) is 27.6 Å². The number of nitriles is 1. The molecule has 2 rings (SSSR count). The van der Waals surface area contributed by atoms with Crippen molar-refractivity contribution in [2.75, 3.05) is 20.8 Å². The monoisotopic (exact) mass is 310 g/mol. The van der Waals surface area contributed by atoms with Gasteiger partial charge < -0.3 is 14.8 Å². The molecule has 0 spiro atoms. The smallest absolute Gasteiger partial charge is 0.251 e. The van der Waals surface area contributed by atoms with Crippen molar-refractivity contribution in [2.45, 2.75) is 6.10 Å². The molecule has 0 heterocycles. The van der Waals surface area contributed by atoms with Gasteiger partial charge in [0.15, 0.2) is 0 Å². The predicted molar refractivity (Wildman–Crippen MR) is 86.2 cm³/mol. The van der Waals surface area contributed by atoms with E-state index in [9.17, 15) is 4.79 Å². The second-order valence-electron chi connectivity index (χ2n) is 4.90. The fraction of sp³-hybridized carbons (Fsp3) is 0.222. The van der Waals surface area contributed by atoms with Crippen molar-refractivity contribution in [1.29, 1.82) is 5.26 Å². The molecule has 1 amide bonds. The van der Waals surface area contributed by atoms with Gasteiger partial charge in [-0.05, 0) is 35.9 Å². The Morgan fingerprint density at radius 1 is 1.22 bits per heavy atom. The van der Waals surface area contributed by atoms with Crippen LogP contribution in [0.3, 0.4) is 0 Å². The lowest BCUT2D eigenvalue weighted by atomic mass is 10.1. The SMILES string of the molecule is COc1cccc(C(CNC(=O)c2cccc(C#N)c2)OC)c1. The topological polar surface area (TPSA) is 71.3 Å². The highest BCUT2D eigenvalue weighted by Gasteiger charge is 2.14. The van der Waals surface area contributed by atoms with E-state index in [0.29, 0.717) is 17.7 Å². The minimum absolute atomic E-state index is 0.243. The maximum Gasteiger partial charge on any atom is 0.251 e. The van der Waals surface area contributed by atoms with Crippen molar-refractivity contribution in [3.05, 3.63) is 65.2 Å². The first-order valence-corrected chi connectivity index (χ1v) is 7.13. The molecule has 2 aromatic rings. The Hall–Kier alpha value is -2.84. The van der Waals surface area contributed by atoms with E-state index in [1.54, 1.807) is 38.5 Å². The Bertz CT molecular complexity index is 722. The normalized spacial score (nSPS) is 11.3. The van der Waals surface area contributed by atoms with Gasteiger partial charge in [-0.25, -0.2) is 0 Å². The van der Waals surface area contributed by atoms with E-state index in [4.69, 9.17) is 14.7 Å². The van der Waals surface area contributed by atoms with E-state index in [2.05, 4.69) is 5.32 Å². The van der Waals surface area contributed by atoms with Gasteiger partial charge in [0, 0.05) is 19.2 Å². The molecule has 0 bridgehead atoms. The number of methoxy groups -OCH3 is 2. The third kappa shape index (κ3) is 4.31. The molecule has 0 fully saturated rings. The summed E-state index contributed by atoms with van der Waals surface area (Å²) in [6, 6.07) is 16.1. The molecule has 0 aromatic heterocycles. The number of hydrogen-bond donors (Lipinski definition) is 1. The van der Waals surface area contributed by atoms with E-state index < -0.39 is 0 Å². The Labute approximate surface area is 135 Å². The highest BCUT2D eigenvalue weighted by Crippen LogP contribution is 2.21. The van der Waals surface area contributed by atoms with Gasteiger partial charge in [0.1, 0.15) is 5.75 Å². The Kier molecular flexibility index (Phi) is 5.73. The van der Waals surface area contributed by atoms with Crippen molar-refractivity contribution in [3.63, 3.8) is 0 Å². The summed E-state index contributed by atoms with van der Waals surface area (Å²) in [6.45, 7) is 0.319. The van der Waals surface area contributed by atoms with Crippen LogP contribution >= 0.6 is 0 Å². The number of carbonyl (C=O) groups excluding carboxylic acids is 1. The van der Waals surface area contributed by atoms with E-state index in [-0.39, 0.29) is 12.0 Å². The van der Waals surface area contributed by atoms with Gasteiger partial charge in [0.05, 0.1) is 24.8 Å². The van der Waals surface area contributed by atoms with Crippen LogP contribution in [0.5, 0.6) is 5.75 Å². The van der Waals surface area contributed by atoms with Crippen molar-refractivity contribution >= 4 is 5.91 Å². The number of amides is 1. The standard InChI is InChI=1S/C18H18N2O3/c1-22-16-8-4-6-14(10-16)17(23-2)12-20-18(21)15-7-3-5-13(9-15)11-19/h3-10,17H,12H2,1-2H3,(H,20,21). The van der Waals surface area contributed by atoms with Gasteiger partial charge in [-0.2, -0.15) is 5.26 Å². The fourth-order valence-electron chi connectivity index (χ4n) is 2.20. The summed E-state index contributed by atoms with van der Waals surface area (Å²) in [5.41, 5.74) is 1.82. The van der Waals surface area contributed by atoms with E-state index >= 15 is 0 Å². The second-order valence-corrected chi connectivity index (χ2v) is 4.90. The molecule has 1 atom stereocenters. The number of carbonyl (C=O) groups is 1. The zero-order valence-corrected chi connectivity index (χ0v) is 13.1. The first-order valence-electron chi connectivity index (χ1n) is 7.13. The van der Waals surface area contributed by atoms with Gasteiger partial charge in [-0.3, -0.25) is 4.79 Å². The Morgan fingerprint density at radius 3 is 2.70 bits per heavy atom. The van der Waals surface area contributed by atoms with Crippen LogP contribution in [-0.4, -0.2) is 26.7 Å². The highest BCUT2D eigenvalue weighted by atomic mass is 16.5. The molecule has 0 saturated heterocycles. The van der Waals surface area contributed by atoms with Gasteiger partial charge >= 0.3 is 0 Å². The van der Waals surface area contributed by atoms with Crippen molar-refractivity contribution in [3.8, 4) is 11.8 Å². The first kappa shape index (κ1) is 16.5. The van der Waals surface area contributed by atoms with Gasteiger partial charge in [-0.15, -0.1) is 0 Å². The van der Waals surface area contributed by atoms with Crippen LogP contribution in [0.2, 0.25) is 0 Å². The van der Waals surface area contributed by atoms with Crippen molar-refractivity contribution in [1.82, 2.24) is 5.32 Å². The maximum absolute atomic E-state index is 12.2. The first-order chi connectivity index (χ1) is 11.2. The van der Waals surface area contributed by atoms with Crippen LogP contribution in [0.15, 0.2) is 48.5 Å². The number of nitrogens with zero attached hydrogens (tertiary/aromatic N) is 1. The summed E-state index contributed by atoms with van der Waals surface area (Å²) in [5, 5.41) is 11.7. The van der Waals surface area contributed by atoms with Crippen LogP contribution < -0.4 is 10.1 Å². The molecule has 1 N–H and O–H groups in total. The zero-order chi connectivity index (χ0) is 16.7. The molecule has 2 aromatic carbocycles. The average Bonchev–Trinajstić information content (AvgIpc) is 2.62. The van der Waals surface area contributed by atoms with Crippen molar-refractivity contribution in [2.24, 2.45) is 0 Å². The van der Waals surface area contributed by atoms with Gasteiger partial charge in [-0.1, -0.05) is 18.2 Å². The van der Waals surface area contributed by atoms with Crippen molar-refractivity contribution < 1.29 is 14.3 Å². The molecule has 0 saturated carbocycles. The minimum atomic E-state index is -0.284. The minimum Gasteiger partial charge on any atom is -0.497 e. The fourth-order valence-corrected chi connectivity index (χ4v) is 2.20. The lowest BCUT2D eigenvalue weighted by Gasteiger charge is -2.17. The summed E-state index contributed by atoms with van der Waals surface area (Å²) in [4.78, 5) is 12.2. The quantitative estimate of drug-likeness (QED) is 0.890. The van der Waals surface area contributed by atoms with E-state index in [1.807, 2.05) is 30.3 Å². The lowest BCUT2D eigenvalue weighted by Crippen LogP contribution is -2.29. The number of hydrogen-bond acceptors (Lipinski definition) is 4. The van der Waals surface area contributed by atoms with E-state index in [1.165, 1.54) is 0 Å². The third-order valence-corrected chi connectivity index (χ3v) is 3.45. The predicted octanol–water partition coefficient (Wildman–Crippen LogP) is 2.68. The second kappa shape index (κ2) is 7.97. The molecule has 118 valence electrons. The summed E-state index contributed by atoms with van der Waals surface area (Å²) in [6.07, 6.45) is -0.284. The molecule has 0 aliphatic carbocycles. The third-order valence-electron chi connectivity index (χ3n) is 3.45. The van der Waals surface area contributed by atoms with Crippen LogP contribution in [0, 0.1) is 11.3 Å². The highest BCUT2D eigenvalue weighted by molar-refractivity contribution is 5.94. The molecular weight excluding hydrogens is 292 g/mol. The summed E-state index contributed by atoms with van der Waals surface area (Å²) in [7, 11) is 3.19. The maximum atomic E-state index is 12.2. The largest absolute Gasteiger partial charge is 0.497 e. The Balaban J connectivity index is 2.05. The van der Waals surface area contributed by atoms with E-state index in [0.717, 1.165) is 11.3 Å². The average molecular weight is 310 g/mol. The molecular formula is C18H18N2O3. The number of nitrogens with one attached hydrogen (secondary N) is 1. The lowest BCUT2D eigenvalue weighted by molar-refractivity contribution is 0.0827. The number of rotatable bonds is 6. The Morgan fingerprint density at radius 2 is 2.00 bits per heavy atom. The molecule has 5 nitrogen and oxygen atoms in total. The zero-order valence-electron chi connectivity index (χ0n) is 13.1. The molecule has 0 aliphatic heterocycles. The molecule has 1 unspecified atom stereocenters. The molecule has 23 heavy (non-hydrogen) atoms. The van der Waals surface area contributed by atoms with Crippen LogP contribution in [0.25, 0.3) is 0 Å². The summed E-state index contributed by atoms with van der Waals surface area (Å²) >= 11 is 0. The van der Waals surface area contributed by atoms with Gasteiger partial charge in [0.25, 0.3) is 5.91 Å². The molecule has 0 radical (unpaired) electrons. The number of benzene rings is 2. The van der Waals surface area contributed by atoms with Crippen LogP contribution in [0.4, 0.5) is 0 Å². The van der Waals surface area contributed by atoms with Gasteiger partial charge in [0.2, 0.25) is 0 Å². The van der Waals surface area contributed by atoms with Crippen LogP contribution in [-0.2, 0) is 4.74 Å². The molecule has 0 aliphatic rings. The summed E-state index contributed by atoms with van der Waals surface area (Å²) in [5.74, 6) is 0.490.